The molecule has 1 heterocycles. The van der Waals surface area contributed by atoms with Gasteiger partial charge in [-0.2, -0.15) is 5.26 Å². The molecule has 0 N–H and O–H groups in total. The van der Waals surface area contributed by atoms with Crippen LogP contribution in [0.25, 0.3) is 11.0 Å². The van der Waals surface area contributed by atoms with Crippen LogP contribution < -0.4 is 0 Å². The van der Waals surface area contributed by atoms with Crippen LogP contribution >= 0.6 is 0 Å². The maximum Gasteiger partial charge on any atom is 0.124 e. The second-order valence-corrected chi connectivity index (χ2v) is 5.04. The van der Waals surface area contributed by atoms with Crippen molar-refractivity contribution < 1.29 is 0 Å². The Labute approximate surface area is 107 Å². The first-order valence-corrected chi connectivity index (χ1v) is 6.08. The first-order chi connectivity index (χ1) is 8.52. The van der Waals surface area contributed by atoms with E-state index in [0.29, 0.717) is 11.6 Å². The minimum atomic E-state index is 0.359. The van der Waals surface area contributed by atoms with Gasteiger partial charge in [0.1, 0.15) is 5.82 Å². The van der Waals surface area contributed by atoms with Crippen molar-refractivity contribution in [3.63, 3.8) is 0 Å². The standard InChI is InChI=1S/C14H18N4/c1-10(2)18-13-6-5-11(8-15)7-12(13)16-14(18)9-17(3)4/h5-7,10H,9H2,1-4H3. The molecule has 1 aromatic carbocycles. The van der Waals surface area contributed by atoms with Crippen LogP contribution in [0.4, 0.5) is 0 Å². The molecule has 0 aliphatic heterocycles. The SMILES string of the molecule is CC(C)n1c(CN(C)C)nc2cc(C#N)ccc21. The van der Waals surface area contributed by atoms with Crippen LogP contribution in [-0.4, -0.2) is 28.5 Å². The van der Waals surface area contributed by atoms with E-state index in [1.54, 1.807) is 0 Å². The van der Waals surface area contributed by atoms with E-state index in [4.69, 9.17) is 5.26 Å². The molecule has 0 saturated heterocycles. The van der Waals surface area contributed by atoms with Crippen molar-refractivity contribution >= 4 is 11.0 Å². The lowest BCUT2D eigenvalue weighted by Crippen LogP contribution is -2.16. The topological polar surface area (TPSA) is 44.9 Å². The van der Waals surface area contributed by atoms with Crippen molar-refractivity contribution in [1.82, 2.24) is 14.5 Å². The number of nitrogens with zero attached hydrogens (tertiary/aromatic N) is 4. The number of nitriles is 1. The minimum Gasteiger partial charge on any atom is -0.324 e. The molecule has 0 fully saturated rings. The Morgan fingerprint density at radius 3 is 2.67 bits per heavy atom. The summed E-state index contributed by atoms with van der Waals surface area (Å²) in [5.41, 5.74) is 2.66. The highest BCUT2D eigenvalue weighted by atomic mass is 15.2. The van der Waals surface area contributed by atoms with Crippen molar-refractivity contribution in [3.8, 4) is 6.07 Å². The van der Waals surface area contributed by atoms with Gasteiger partial charge in [-0.3, -0.25) is 0 Å². The van der Waals surface area contributed by atoms with Gasteiger partial charge in [0.2, 0.25) is 0 Å². The molecular formula is C14H18N4. The van der Waals surface area contributed by atoms with E-state index in [-0.39, 0.29) is 0 Å². The van der Waals surface area contributed by atoms with Crippen LogP contribution in [0.15, 0.2) is 18.2 Å². The van der Waals surface area contributed by atoms with Gasteiger partial charge in [0, 0.05) is 6.04 Å². The lowest BCUT2D eigenvalue weighted by Gasteiger charge is -2.15. The van der Waals surface area contributed by atoms with Crippen molar-refractivity contribution in [3.05, 3.63) is 29.6 Å². The summed E-state index contributed by atoms with van der Waals surface area (Å²) in [6, 6.07) is 8.21. The van der Waals surface area contributed by atoms with Crippen LogP contribution in [0.1, 0.15) is 31.3 Å². The molecule has 0 spiro atoms. The van der Waals surface area contributed by atoms with E-state index in [2.05, 4.69) is 34.4 Å². The largest absolute Gasteiger partial charge is 0.324 e. The van der Waals surface area contributed by atoms with Crippen LogP contribution in [0.2, 0.25) is 0 Å². The highest BCUT2D eigenvalue weighted by Gasteiger charge is 2.13. The summed E-state index contributed by atoms with van der Waals surface area (Å²) >= 11 is 0. The number of imidazole rings is 1. The average Bonchev–Trinajstić information content (AvgIpc) is 2.64. The third-order valence-electron chi connectivity index (χ3n) is 2.87. The molecule has 0 aliphatic rings. The third-order valence-corrected chi connectivity index (χ3v) is 2.87. The third kappa shape index (κ3) is 2.22. The quantitative estimate of drug-likeness (QED) is 0.831. The Hall–Kier alpha value is -1.86. The molecule has 94 valence electrons. The molecular weight excluding hydrogens is 224 g/mol. The molecule has 0 radical (unpaired) electrons. The lowest BCUT2D eigenvalue weighted by atomic mass is 10.2. The number of hydrogen-bond donors (Lipinski definition) is 0. The first kappa shape index (κ1) is 12.6. The number of aromatic nitrogens is 2. The van der Waals surface area contributed by atoms with Gasteiger partial charge in [0.25, 0.3) is 0 Å². The summed E-state index contributed by atoms with van der Waals surface area (Å²) in [6.45, 7) is 5.10. The summed E-state index contributed by atoms with van der Waals surface area (Å²) in [5.74, 6) is 1.04. The Balaban J connectivity index is 2.63. The highest BCUT2D eigenvalue weighted by Crippen LogP contribution is 2.22. The zero-order valence-corrected chi connectivity index (χ0v) is 11.3. The zero-order valence-electron chi connectivity index (χ0n) is 11.3. The summed E-state index contributed by atoms with van der Waals surface area (Å²) in [5, 5.41) is 8.93. The van der Waals surface area contributed by atoms with Crippen molar-refractivity contribution in [2.75, 3.05) is 14.1 Å². The van der Waals surface area contributed by atoms with Gasteiger partial charge in [-0.15, -0.1) is 0 Å². The second-order valence-electron chi connectivity index (χ2n) is 5.04. The van der Waals surface area contributed by atoms with Gasteiger partial charge in [-0.1, -0.05) is 0 Å². The van der Waals surface area contributed by atoms with Crippen molar-refractivity contribution in [2.24, 2.45) is 0 Å². The van der Waals surface area contributed by atoms with Gasteiger partial charge < -0.3 is 9.47 Å². The predicted octanol–water partition coefficient (Wildman–Crippen LogP) is 2.55. The maximum atomic E-state index is 8.93. The van der Waals surface area contributed by atoms with E-state index in [1.165, 1.54) is 0 Å². The van der Waals surface area contributed by atoms with E-state index in [1.807, 2.05) is 32.3 Å². The van der Waals surface area contributed by atoms with Crippen LogP contribution in [0, 0.1) is 11.3 Å². The van der Waals surface area contributed by atoms with Crippen molar-refractivity contribution in [1.29, 1.82) is 5.26 Å². The van der Waals surface area contributed by atoms with E-state index in [0.717, 1.165) is 23.4 Å². The van der Waals surface area contributed by atoms with Gasteiger partial charge in [-0.25, -0.2) is 4.98 Å². The summed E-state index contributed by atoms with van der Waals surface area (Å²) < 4.78 is 2.23. The number of hydrogen-bond acceptors (Lipinski definition) is 3. The predicted molar refractivity (Wildman–Crippen MR) is 72.2 cm³/mol. The fourth-order valence-electron chi connectivity index (χ4n) is 2.19. The van der Waals surface area contributed by atoms with E-state index < -0.39 is 0 Å². The van der Waals surface area contributed by atoms with Gasteiger partial charge in [-0.05, 0) is 46.1 Å². The van der Waals surface area contributed by atoms with Crippen LogP contribution in [0.3, 0.4) is 0 Å². The Morgan fingerprint density at radius 1 is 1.39 bits per heavy atom. The molecule has 0 unspecified atom stereocenters. The van der Waals surface area contributed by atoms with Gasteiger partial charge >= 0.3 is 0 Å². The Kier molecular flexibility index (Phi) is 3.35. The Bertz CT molecular complexity index is 602. The molecule has 0 aliphatic carbocycles. The number of rotatable bonds is 3. The molecule has 4 heteroatoms. The maximum absolute atomic E-state index is 8.93. The fourth-order valence-corrected chi connectivity index (χ4v) is 2.19. The fraction of sp³-hybridized carbons (Fsp3) is 0.429. The van der Waals surface area contributed by atoms with Crippen molar-refractivity contribution in [2.45, 2.75) is 26.4 Å². The molecule has 0 bridgehead atoms. The molecule has 4 nitrogen and oxygen atoms in total. The molecule has 0 atom stereocenters. The molecule has 2 aromatic rings. The zero-order chi connectivity index (χ0) is 13.3. The minimum absolute atomic E-state index is 0.359. The normalized spacial score (nSPS) is 11.4. The molecule has 1 aromatic heterocycles. The van der Waals surface area contributed by atoms with E-state index in [9.17, 15) is 0 Å². The average molecular weight is 242 g/mol. The van der Waals surface area contributed by atoms with Gasteiger partial charge in [0.05, 0.1) is 29.2 Å². The monoisotopic (exact) mass is 242 g/mol. The first-order valence-electron chi connectivity index (χ1n) is 6.08. The van der Waals surface area contributed by atoms with E-state index >= 15 is 0 Å². The lowest BCUT2D eigenvalue weighted by molar-refractivity contribution is 0.377. The smallest absolute Gasteiger partial charge is 0.124 e. The highest BCUT2D eigenvalue weighted by molar-refractivity contribution is 5.78. The Morgan fingerprint density at radius 2 is 2.11 bits per heavy atom. The molecule has 18 heavy (non-hydrogen) atoms. The number of benzene rings is 1. The van der Waals surface area contributed by atoms with Gasteiger partial charge in [0.15, 0.2) is 0 Å². The molecule has 0 saturated carbocycles. The van der Waals surface area contributed by atoms with Crippen LogP contribution in [-0.2, 0) is 6.54 Å². The number of fused-ring (bicyclic) bond motifs is 1. The molecule has 0 amide bonds. The summed E-state index contributed by atoms with van der Waals surface area (Å²) in [4.78, 5) is 6.76. The second kappa shape index (κ2) is 4.79. The summed E-state index contributed by atoms with van der Waals surface area (Å²) in [6.07, 6.45) is 0. The molecule has 2 rings (SSSR count). The van der Waals surface area contributed by atoms with Crippen LogP contribution in [0.5, 0.6) is 0 Å². The summed E-state index contributed by atoms with van der Waals surface area (Å²) in [7, 11) is 4.06.